The molecule has 0 spiro atoms. The van der Waals surface area contributed by atoms with E-state index >= 15 is 0 Å². The van der Waals surface area contributed by atoms with E-state index in [9.17, 15) is 0 Å². The van der Waals surface area contributed by atoms with Crippen molar-refractivity contribution in [3.8, 4) is 5.75 Å². The van der Waals surface area contributed by atoms with Gasteiger partial charge in [0.15, 0.2) is 0 Å². The van der Waals surface area contributed by atoms with Crippen molar-refractivity contribution >= 4 is 27.7 Å². The fourth-order valence-corrected chi connectivity index (χ4v) is 3.34. The van der Waals surface area contributed by atoms with Gasteiger partial charge in [-0.25, -0.2) is 0 Å². The van der Waals surface area contributed by atoms with Gasteiger partial charge in [0.1, 0.15) is 5.75 Å². The minimum Gasteiger partial charge on any atom is -0.494 e. The molecule has 1 atom stereocenters. The van der Waals surface area contributed by atoms with Crippen molar-refractivity contribution in [1.82, 2.24) is 0 Å². The van der Waals surface area contributed by atoms with Crippen LogP contribution in [-0.4, -0.2) is 12.4 Å². The van der Waals surface area contributed by atoms with E-state index in [0.29, 0.717) is 6.61 Å². The Bertz CT molecular complexity index is 562. The highest BCUT2D eigenvalue weighted by Crippen LogP contribution is 2.27. The van der Waals surface area contributed by atoms with Crippen LogP contribution in [0.1, 0.15) is 18.5 Å². The third-order valence-electron chi connectivity index (χ3n) is 2.82. The van der Waals surface area contributed by atoms with E-state index in [-0.39, 0.29) is 6.04 Å². The normalized spacial score (nSPS) is 12.2. The molecule has 0 aromatic heterocycles. The summed E-state index contributed by atoms with van der Waals surface area (Å²) in [7, 11) is 0. The molecule has 4 heteroatoms. The van der Waals surface area contributed by atoms with Crippen LogP contribution in [0.4, 0.5) is 0 Å². The summed E-state index contributed by atoms with van der Waals surface area (Å²) in [5.74, 6) is 1.72. The van der Waals surface area contributed by atoms with Crippen LogP contribution in [-0.2, 0) is 0 Å². The van der Waals surface area contributed by atoms with Gasteiger partial charge < -0.3 is 10.5 Å². The highest BCUT2D eigenvalue weighted by atomic mass is 79.9. The molecule has 0 aliphatic heterocycles. The number of benzene rings is 2. The Labute approximate surface area is 132 Å². The lowest BCUT2D eigenvalue weighted by Gasteiger charge is -2.13. The molecule has 0 saturated heterocycles. The van der Waals surface area contributed by atoms with Gasteiger partial charge in [0.25, 0.3) is 0 Å². The lowest BCUT2D eigenvalue weighted by atomic mass is 10.1. The minimum absolute atomic E-state index is 0.000567. The molecule has 0 bridgehead atoms. The molecule has 0 saturated carbocycles. The van der Waals surface area contributed by atoms with Crippen molar-refractivity contribution in [3.05, 3.63) is 58.6 Å². The molecule has 0 aliphatic rings. The lowest BCUT2D eigenvalue weighted by molar-refractivity contribution is 0.339. The Morgan fingerprint density at radius 3 is 2.75 bits per heavy atom. The van der Waals surface area contributed by atoms with Crippen LogP contribution in [0.3, 0.4) is 0 Å². The van der Waals surface area contributed by atoms with E-state index in [0.717, 1.165) is 21.5 Å². The van der Waals surface area contributed by atoms with Crippen LogP contribution in [0, 0.1) is 0 Å². The first-order valence-electron chi connectivity index (χ1n) is 6.55. The average Bonchev–Trinajstić information content (AvgIpc) is 2.45. The fourth-order valence-electron chi connectivity index (χ4n) is 1.84. The second kappa shape index (κ2) is 7.72. The molecule has 0 radical (unpaired) electrons. The van der Waals surface area contributed by atoms with Gasteiger partial charge in [-0.05, 0) is 42.8 Å². The van der Waals surface area contributed by atoms with Crippen molar-refractivity contribution in [2.24, 2.45) is 5.73 Å². The number of ether oxygens (including phenoxy) is 1. The molecule has 2 aromatic rings. The molecule has 1 unspecified atom stereocenters. The average molecular weight is 352 g/mol. The Kier molecular flexibility index (Phi) is 5.95. The number of hydrogen-bond acceptors (Lipinski definition) is 3. The van der Waals surface area contributed by atoms with Crippen LogP contribution in [0.5, 0.6) is 5.75 Å². The first kappa shape index (κ1) is 15.4. The van der Waals surface area contributed by atoms with E-state index in [4.69, 9.17) is 10.5 Å². The van der Waals surface area contributed by atoms with Crippen molar-refractivity contribution in [3.63, 3.8) is 0 Å². The van der Waals surface area contributed by atoms with Gasteiger partial charge in [-0.3, -0.25) is 0 Å². The molecule has 0 aliphatic carbocycles. The van der Waals surface area contributed by atoms with Crippen molar-refractivity contribution in [1.29, 1.82) is 0 Å². The zero-order chi connectivity index (χ0) is 14.4. The van der Waals surface area contributed by atoms with Crippen LogP contribution in [0.25, 0.3) is 0 Å². The van der Waals surface area contributed by atoms with Gasteiger partial charge in [-0.1, -0.05) is 34.1 Å². The highest BCUT2D eigenvalue weighted by molar-refractivity contribution is 9.10. The molecule has 0 fully saturated rings. The third kappa shape index (κ3) is 4.54. The zero-order valence-corrected chi connectivity index (χ0v) is 13.8. The largest absolute Gasteiger partial charge is 0.494 e. The molecular weight excluding hydrogens is 334 g/mol. The lowest BCUT2D eigenvalue weighted by Crippen LogP contribution is -2.13. The number of halogens is 1. The van der Waals surface area contributed by atoms with Gasteiger partial charge in [0.05, 0.1) is 6.61 Å². The van der Waals surface area contributed by atoms with Gasteiger partial charge in [-0.2, -0.15) is 0 Å². The van der Waals surface area contributed by atoms with Gasteiger partial charge in [0.2, 0.25) is 0 Å². The Morgan fingerprint density at radius 1 is 1.20 bits per heavy atom. The van der Waals surface area contributed by atoms with Crippen LogP contribution in [0.15, 0.2) is 57.9 Å². The SMILES string of the molecule is CCOc1cccc(C(N)CSc2cccc(Br)c2)c1. The maximum absolute atomic E-state index is 6.26. The van der Waals surface area contributed by atoms with Gasteiger partial charge in [-0.15, -0.1) is 11.8 Å². The second-order valence-electron chi connectivity index (χ2n) is 4.38. The van der Waals surface area contributed by atoms with E-state index in [1.807, 2.05) is 37.3 Å². The summed E-state index contributed by atoms with van der Waals surface area (Å²) < 4.78 is 6.60. The number of nitrogens with two attached hydrogens (primary N) is 1. The Balaban J connectivity index is 1.97. The predicted molar refractivity (Wildman–Crippen MR) is 89.4 cm³/mol. The summed E-state index contributed by atoms with van der Waals surface area (Å²) in [6, 6.07) is 16.3. The first-order valence-corrected chi connectivity index (χ1v) is 8.33. The van der Waals surface area contributed by atoms with Gasteiger partial charge >= 0.3 is 0 Å². The second-order valence-corrected chi connectivity index (χ2v) is 6.39. The highest BCUT2D eigenvalue weighted by Gasteiger charge is 2.08. The number of rotatable bonds is 6. The van der Waals surface area contributed by atoms with E-state index in [1.165, 1.54) is 4.90 Å². The molecular formula is C16H18BrNOS. The van der Waals surface area contributed by atoms with E-state index in [2.05, 4.69) is 34.1 Å². The van der Waals surface area contributed by atoms with Crippen molar-refractivity contribution in [2.75, 3.05) is 12.4 Å². The first-order chi connectivity index (χ1) is 9.69. The topological polar surface area (TPSA) is 35.2 Å². The monoisotopic (exact) mass is 351 g/mol. The number of thioether (sulfide) groups is 1. The van der Waals surface area contributed by atoms with E-state index < -0.39 is 0 Å². The van der Waals surface area contributed by atoms with E-state index in [1.54, 1.807) is 11.8 Å². The third-order valence-corrected chi connectivity index (χ3v) is 4.43. The van der Waals surface area contributed by atoms with Crippen LogP contribution >= 0.6 is 27.7 Å². The van der Waals surface area contributed by atoms with Crippen LogP contribution in [0.2, 0.25) is 0 Å². The van der Waals surface area contributed by atoms with Gasteiger partial charge in [0, 0.05) is 21.2 Å². The minimum atomic E-state index is -0.000567. The quantitative estimate of drug-likeness (QED) is 0.770. The molecule has 0 heterocycles. The summed E-state index contributed by atoms with van der Waals surface area (Å²) in [4.78, 5) is 1.22. The summed E-state index contributed by atoms with van der Waals surface area (Å²) in [6.45, 7) is 2.65. The maximum Gasteiger partial charge on any atom is 0.119 e. The molecule has 2 aromatic carbocycles. The molecule has 2 nitrogen and oxygen atoms in total. The Morgan fingerprint density at radius 2 is 2.00 bits per heavy atom. The zero-order valence-electron chi connectivity index (χ0n) is 11.4. The van der Waals surface area contributed by atoms with Crippen molar-refractivity contribution < 1.29 is 4.74 Å². The number of hydrogen-bond donors (Lipinski definition) is 1. The molecule has 20 heavy (non-hydrogen) atoms. The Hall–Kier alpha value is -0.970. The molecule has 2 N–H and O–H groups in total. The van der Waals surface area contributed by atoms with Crippen LogP contribution < -0.4 is 10.5 Å². The summed E-state index contributed by atoms with van der Waals surface area (Å²) in [6.07, 6.45) is 0. The smallest absolute Gasteiger partial charge is 0.119 e. The van der Waals surface area contributed by atoms with Crippen molar-refractivity contribution in [2.45, 2.75) is 17.9 Å². The fraction of sp³-hybridized carbons (Fsp3) is 0.250. The molecule has 0 amide bonds. The molecule has 2 rings (SSSR count). The summed E-state index contributed by atoms with van der Waals surface area (Å²) in [5.41, 5.74) is 7.37. The maximum atomic E-state index is 6.26. The summed E-state index contributed by atoms with van der Waals surface area (Å²) >= 11 is 5.24. The molecule has 106 valence electrons. The standard InChI is InChI=1S/C16H18BrNOS/c1-2-19-14-7-3-5-12(9-14)16(18)11-20-15-8-4-6-13(17)10-15/h3-10,16H,2,11,18H2,1H3. The predicted octanol–water partition coefficient (Wildman–Crippen LogP) is 4.64. The summed E-state index contributed by atoms with van der Waals surface area (Å²) in [5, 5.41) is 0.